The van der Waals surface area contributed by atoms with E-state index < -0.39 is 0 Å². The molecule has 2 aromatic rings. The van der Waals surface area contributed by atoms with Crippen LogP contribution in [0, 0.1) is 0 Å². The average molecular weight is 302 g/mol. The molecule has 0 saturated carbocycles. The van der Waals surface area contributed by atoms with Crippen molar-refractivity contribution >= 4 is 28.8 Å². The van der Waals surface area contributed by atoms with Crippen LogP contribution in [0.2, 0.25) is 0 Å². The van der Waals surface area contributed by atoms with E-state index in [1.165, 1.54) is 11.8 Å². The highest BCUT2D eigenvalue weighted by Gasteiger charge is 2.12. The first-order valence-electron chi connectivity index (χ1n) is 6.72. The van der Waals surface area contributed by atoms with Crippen LogP contribution in [0.4, 0.5) is 5.69 Å². The van der Waals surface area contributed by atoms with Crippen molar-refractivity contribution in [1.82, 2.24) is 4.90 Å². The molecule has 0 aliphatic carbocycles. The van der Waals surface area contributed by atoms with Gasteiger partial charge in [-0.3, -0.25) is 9.59 Å². The second-order valence-electron chi connectivity index (χ2n) is 4.82. The molecule has 1 heterocycles. The zero-order valence-corrected chi connectivity index (χ0v) is 12.9. The van der Waals surface area contributed by atoms with Gasteiger partial charge in [-0.1, -0.05) is 12.1 Å². The van der Waals surface area contributed by atoms with Crippen LogP contribution in [0.3, 0.4) is 0 Å². The van der Waals surface area contributed by atoms with E-state index in [9.17, 15) is 9.59 Å². The molecule has 110 valence electrons. The summed E-state index contributed by atoms with van der Waals surface area (Å²) < 4.78 is 0. The number of nitrogens with one attached hydrogen (secondary N) is 1. The fourth-order valence-electron chi connectivity index (χ4n) is 1.99. The molecule has 0 atom stereocenters. The van der Waals surface area contributed by atoms with Gasteiger partial charge in [0.2, 0.25) is 5.91 Å². The van der Waals surface area contributed by atoms with Crippen molar-refractivity contribution in [3.8, 4) is 0 Å². The number of amides is 2. The first kappa shape index (κ1) is 15.3. The fourth-order valence-corrected chi connectivity index (χ4v) is 2.69. The van der Waals surface area contributed by atoms with E-state index in [1.807, 2.05) is 11.4 Å². The molecule has 0 saturated heterocycles. The molecule has 5 heteroatoms. The molecule has 0 aliphatic rings. The fraction of sp³-hybridized carbons (Fsp3) is 0.250. The monoisotopic (exact) mass is 302 g/mol. The van der Waals surface area contributed by atoms with Crippen LogP contribution in [0.25, 0.3) is 0 Å². The van der Waals surface area contributed by atoms with E-state index in [0.29, 0.717) is 17.8 Å². The molecule has 0 spiro atoms. The van der Waals surface area contributed by atoms with Crippen LogP contribution in [0.15, 0.2) is 41.8 Å². The number of anilines is 1. The molecular weight excluding hydrogens is 284 g/mol. The predicted molar refractivity (Wildman–Crippen MR) is 85.7 cm³/mol. The van der Waals surface area contributed by atoms with Gasteiger partial charge >= 0.3 is 0 Å². The lowest BCUT2D eigenvalue weighted by Gasteiger charge is -2.17. The highest BCUT2D eigenvalue weighted by atomic mass is 32.1. The molecule has 1 aromatic carbocycles. The van der Waals surface area contributed by atoms with Gasteiger partial charge in [-0.15, -0.1) is 11.3 Å². The SMILES string of the molecule is CC(=O)Nc1cccc(C(=O)N(C)CCc2cccs2)c1. The molecule has 2 amide bonds. The number of carbonyl (C=O) groups is 2. The predicted octanol–water partition coefficient (Wildman–Crippen LogP) is 3.02. The van der Waals surface area contributed by atoms with Crippen LogP contribution in [-0.2, 0) is 11.2 Å². The van der Waals surface area contributed by atoms with Gasteiger partial charge in [0, 0.05) is 36.6 Å². The summed E-state index contributed by atoms with van der Waals surface area (Å²) in [5, 5.41) is 4.72. The molecule has 0 fully saturated rings. The summed E-state index contributed by atoms with van der Waals surface area (Å²) in [4.78, 5) is 26.4. The lowest BCUT2D eigenvalue weighted by molar-refractivity contribution is -0.114. The summed E-state index contributed by atoms with van der Waals surface area (Å²) in [7, 11) is 1.79. The van der Waals surface area contributed by atoms with E-state index in [2.05, 4.69) is 11.4 Å². The first-order valence-corrected chi connectivity index (χ1v) is 7.60. The van der Waals surface area contributed by atoms with E-state index in [0.717, 1.165) is 6.42 Å². The van der Waals surface area contributed by atoms with E-state index >= 15 is 0 Å². The Morgan fingerprint density at radius 2 is 2.05 bits per heavy atom. The quantitative estimate of drug-likeness (QED) is 0.923. The maximum absolute atomic E-state index is 12.4. The summed E-state index contributed by atoms with van der Waals surface area (Å²) in [6.07, 6.45) is 0.852. The molecule has 4 nitrogen and oxygen atoms in total. The van der Waals surface area contributed by atoms with Crippen LogP contribution >= 0.6 is 11.3 Å². The van der Waals surface area contributed by atoms with Crippen molar-refractivity contribution in [3.63, 3.8) is 0 Å². The second-order valence-corrected chi connectivity index (χ2v) is 5.85. The Bertz CT molecular complexity index is 623. The Labute approximate surface area is 128 Å². The average Bonchev–Trinajstić information content (AvgIpc) is 2.97. The Hall–Kier alpha value is -2.14. The van der Waals surface area contributed by atoms with Crippen molar-refractivity contribution in [2.24, 2.45) is 0 Å². The van der Waals surface area contributed by atoms with Gasteiger partial charge in [-0.25, -0.2) is 0 Å². The molecular formula is C16H18N2O2S. The van der Waals surface area contributed by atoms with Crippen LogP contribution in [-0.4, -0.2) is 30.3 Å². The second kappa shape index (κ2) is 7.04. The standard InChI is InChI=1S/C16H18N2O2S/c1-12(19)17-14-6-3-5-13(11-14)16(20)18(2)9-8-15-7-4-10-21-15/h3-7,10-11H,8-9H2,1-2H3,(H,17,19). The molecule has 0 bridgehead atoms. The molecule has 1 aromatic heterocycles. The zero-order chi connectivity index (χ0) is 15.2. The Kier molecular flexibility index (Phi) is 5.11. The molecule has 0 radical (unpaired) electrons. The lowest BCUT2D eigenvalue weighted by atomic mass is 10.1. The minimum atomic E-state index is -0.148. The van der Waals surface area contributed by atoms with Crippen LogP contribution in [0.5, 0.6) is 0 Å². The summed E-state index contributed by atoms with van der Waals surface area (Å²) in [6.45, 7) is 2.12. The molecule has 0 unspecified atom stereocenters. The Balaban J connectivity index is 1.99. The lowest BCUT2D eigenvalue weighted by Crippen LogP contribution is -2.28. The van der Waals surface area contributed by atoms with Gasteiger partial charge in [-0.2, -0.15) is 0 Å². The topological polar surface area (TPSA) is 49.4 Å². The van der Waals surface area contributed by atoms with Crippen LogP contribution < -0.4 is 5.32 Å². The van der Waals surface area contributed by atoms with Gasteiger partial charge in [0.1, 0.15) is 0 Å². The molecule has 0 aliphatic heterocycles. The van der Waals surface area contributed by atoms with E-state index in [-0.39, 0.29) is 11.8 Å². The number of thiophene rings is 1. The van der Waals surface area contributed by atoms with Crippen molar-refractivity contribution in [3.05, 3.63) is 52.2 Å². The highest BCUT2D eigenvalue weighted by Crippen LogP contribution is 2.14. The van der Waals surface area contributed by atoms with Crippen molar-refractivity contribution in [2.45, 2.75) is 13.3 Å². The normalized spacial score (nSPS) is 10.2. The molecule has 2 rings (SSSR count). The van der Waals surface area contributed by atoms with E-state index in [4.69, 9.17) is 0 Å². The third-order valence-electron chi connectivity index (χ3n) is 3.05. The molecule has 21 heavy (non-hydrogen) atoms. The van der Waals surface area contributed by atoms with Crippen LogP contribution in [0.1, 0.15) is 22.2 Å². The summed E-state index contributed by atoms with van der Waals surface area (Å²) in [5.41, 5.74) is 1.22. The number of nitrogens with zero attached hydrogens (tertiary/aromatic N) is 1. The number of carbonyl (C=O) groups excluding carboxylic acids is 2. The smallest absolute Gasteiger partial charge is 0.253 e. The number of hydrogen-bond donors (Lipinski definition) is 1. The van der Waals surface area contributed by atoms with Crippen molar-refractivity contribution in [1.29, 1.82) is 0 Å². The van der Waals surface area contributed by atoms with Gasteiger partial charge in [0.15, 0.2) is 0 Å². The van der Waals surface area contributed by atoms with Gasteiger partial charge in [-0.05, 0) is 36.1 Å². The maximum atomic E-state index is 12.4. The number of rotatable bonds is 5. The third-order valence-corrected chi connectivity index (χ3v) is 3.99. The summed E-state index contributed by atoms with van der Waals surface area (Å²) >= 11 is 1.70. The van der Waals surface area contributed by atoms with Gasteiger partial charge in [0.05, 0.1) is 0 Å². The summed E-state index contributed by atoms with van der Waals surface area (Å²) in [5.74, 6) is -0.190. The first-order chi connectivity index (χ1) is 10.1. The Morgan fingerprint density at radius 1 is 1.24 bits per heavy atom. The maximum Gasteiger partial charge on any atom is 0.253 e. The van der Waals surface area contributed by atoms with Gasteiger partial charge in [0.25, 0.3) is 5.91 Å². The van der Waals surface area contributed by atoms with E-state index in [1.54, 1.807) is 47.5 Å². The number of benzene rings is 1. The largest absolute Gasteiger partial charge is 0.341 e. The third kappa shape index (κ3) is 4.43. The minimum absolute atomic E-state index is 0.0428. The van der Waals surface area contributed by atoms with Crippen molar-refractivity contribution < 1.29 is 9.59 Å². The zero-order valence-electron chi connectivity index (χ0n) is 12.1. The number of hydrogen-bond acceptors (Lipinski definition) is 3. The minimum Gasteiger partial charge on any atom is -0.341 e. The highest BCUT2D eigenvalue weighted by molar-refractivity contribution is 7.09. The summed E-state index contributed by atoms with van der Waals surface area (Å²) in [6, 6.07) is 11.1. The van der Waals surface area contributed by atoms with Crippen molar-refractivity contribution in [2.75, 3.05) is 18.9 Å². The van der Waals surface area contributed by atoms with Gasteiger partial charge < -0.3 is 10.2 Å². The molecule has 1 N–H and O–H groups in total. The Morgan fingerprint density at radius 3 is 2.71 bits per heavy atom. The number of likely N-dealkylation sites (N-methyl/N-ethyl adjacent to an activating group) is 1.